The van der Waals surface area contributed by atoms with Gasteiger partial charge in [-0.1, -0.05) is 18.5 Å². The molecule has 0 spiro atoms. The van der Waals surface area contributed by atoms with Crippen LogP contribution in [0.4, 0.5) is 4.39 Å². The molecule has 1 atom stereocenters. The number of alkyl halides is 1. The second-order valence-corrected chi connectivity index (χ2v) is 4.30. The Kier molecular flexibility index (Phi) is 4.70. The van der Waals surface area contributed by atoms with Gasteiger partial charge in [0.25, 0.3) is 0 Å². The van der Waals surface area contributed by atoms with Crippen molar-refractivity contribution in [1.29, 1.82) is 0 Å². The first-order chi connectivity index (χ1) is 6.63. The highest BCUT2D eigenvalue weighted by Crippen LogP contribution is 2.20. The van der Waals surface area contributed by atoms with E-state index in [1.165, 1.54) is 12.1 Å². The number of hydrogen-bond acceptors (Lipinski definition) is 0. The molecular formula is C11H13Cl2F. The summed E-state index contributed by atoms with van der Waals surface area (Å²) in [5.41, 5.74) is 0.839. The molecule has 0 nitrogen and oxygen atoms in total. The zero-order valence-electron chi connectivity index (χ0n) is 8.06. The van der Waals surface area contributed by atoms with Gasteiger partial charge in [0.2, 0.25) is 0 Å². The molecule has 0 fully saturated rings. The Hall–Kier alpha value is -0.270. The minimum absolute atomic E-state index is 0.148. The molecule has 1 aromatic carbocycles. The average Bonchev–Trinajstić information content (AvgIpc) is 2.19. The molecule has 0 saturated heterocycles. The van der Waals surface area contributed by atoms with E-state index in [0.29, 0.717) is 5.02 Å². The van der Waals surface area contributed by atoms with Crippen LogP contribution in [-0.2, 0) is 6.42 Å². The topological polar surface area (TPSA) is 0 Å². The summed E-state index contributed by atoms with van der Waals surface area (Å²) in [6.07, 6.45) is 2.49. The van der Waals surface area contributed by atoms with Crippen molar-refractivity contribution in [3.8, 4) is 0 Å². The highest BCUT2D eigenvalue weighted by Gasteiger charge is 2.05. The number of aryl methyl sites for hydroxylation is 1. The van der Waals surface area contributed by atoms with E-state index in [1.807, 2.05) is 6.92 Å². The molecule has 0 bridgehead atoms. The highest BCUT2D eigenvalue weighted by atomic mass is 35.5. The molecule has 0 aliphatic heterocycles. The summed E-state index contributed by atoms with van der Waals surface area (Å²) in [5, 5.41) is 0.765. The van der Waals surface area contributed by atoms with E-state index >= 15 is 0 Å². The SMILES string of the molecule is CCC(Cl)CCc1cc(F)ccc1Cl. The zero-order valence-corrected chi connectivity index (χ0v) is 9.58. The Morgan fingerprint density at radius 3 is 2.79 bits per heavy atom. The van der Waals surface area contributed by atoms with Crippen LogP contribution in [0.15, 0.2) is 18.2 Å². The zero-order chi connectivity index (χ0) is 10.6. The lowest BCUT2D eigenvalue weighted by Crippen LogP contribution is -1.99. The molecule has 0 aliphatic carbocycles. The largest absolute Gasteiger partial charge is 0.207 e. The summed E-state index contributed by atoms with van der Waals surface area (Å²) in [7, 11) is 0. The number of benzene rings is 1. The van der Waals surface area contributed by atoms with Crippen LogP contribution in [0.3, 0.4) is 0 Å². The third-order valence-electron chi connectivity index (χ3n) is 2.18. The normalized spacial score (nSPS) is 12.9. The standard InChI is InChI=1S/C11H13Cl2F/c1-2-9(12)4-3-8-7-10(14)5-6-11(8)13/h5-7,9H,2-4H2,1H3. The Bertz CT molecular complexity index is 299. The van der Waals surface area contributed by atoms with E-state index in [-0.39, 0.29) is 11.2 Å². The number of rotatable bonds is 4. The van der Waals surface area contributed by atoms with Crippen LogP contribution in [-0.4, -0.2) is 5.38 Å². The summed E-state index contributed by atoms with van der Waals surface area (Å²) >= 11 is 11.9. The lowest BCUT2D eigenvalue weighted by atomic mass is 10.1. The van der Waals surface area contributed by atoms with Crippen LogP contribution in [0.5, 0.6) is 0 Å². The van der Waals surface area contributed by atoms with Gasteiger partial charge in [0.05, 0.1) is 0 Å². The fraction of sp³-hybridized carbons (Fsp3) is 0.455. The van der Waals surface area contributed by atoms with E-state index in [1.54, 1.807) is 6.07 Å². The van der Waals surface area contributed by atoms with Gasteiger partial charge in [0, 0.05) is 10.4 Å². The maximum Gasteiger partial charge on any atom is 0.123 e. The molecule has 0 saturated carbocycles. The molecule has 78 valence electrons. The van der Waals surface area contributed by atoms with Crippen molar-refractivity contribution >= 4 is 23.2 Å². The fourth-order valence-electron chi connectivity index (χ4n) is 1.25. The van der Waals surface area contributed by atoms with Crippen molar-refractivity contribution in [2.75, 3.05) is 0 Å². The fourth-order valence-corrected chi connectivity index (χ4v) is 1.57. The summed E-state index contributed by atoms with van der Waals surface area (Å²) in [5.74, 6) is -0.243. The van der Waals surface area contributed by atoms with Crippen molar-refractivity contribution in [3.63, 3.8) is 0 Å². The van der Waals surface area contributed by atoms with Crippen molar-refractivity contribution in [3.05, 3.63) is 34.6 Å². The molecule has 1 rings (SSSR count). The molecule has 0 aliphatic rings. The van der Waals surface area contributed by atoms with Gasteiger partial charge in [-0.05, 0) is 43.0 Å². The van der Waals surface area contributed by atoms with Crippen LogP contribution < -0.4 is 0 Å². The summed E-state index contributed by atoms with van der Waals surface area (Å²) in [6, 6.07) is 4.42. The molecule has 3 heteroatoms. The van der Waals surface area contributed by atoms with Crippen molar-refractivity contribution in [2.24, 2.45) is 0 Å². The molecule has 0 N–H and O–H groups in total. The van der Waals surface area contributed by atoms with Gasteiger partial charge in [-0.2, -0.15) is 0 Å². The highest BCUT2D eigenvalue weighted by molar-refractivity contribution is 6.31. The third kappa shape index (κ3) is 3.47. The molecule has 1 aromatic rings. The van der Waals surface area contributed by atoms with Gasteiger partial charge in [0.1, 0.15) is 5.82 Å². The summed E-state index contributed by atoms with van der Waals surface area (Å²) < 4.78 is 12.9. The van der Waals surface area contributed by atoms with E-state index in [4.69, 9.17) is 23.2 Å². The van der Waals surface area contributed by atoms with Crippen molar-refractivity contribution < 1.29 is 4.39 Å². The minimum atomic E-state index is -0.243. The number of hydrogen-bond donors (Lipinski definition) is 0. The maximum atomic E-state index is 12.9. The van der Waals surface area contributed by atoms with E-state index in [0.717, 1.165) is 24.8 Å². The monoisotopic (exact) mass is 234 g/mol. The molecule has 1 unspecified atom stereocenters. The van der Waals surface area contributed by atoms with Gasteiger partial charge in [-0.15, -0.1) is 11.6 Å². The molecule has 14 heavy (non-hydrogen) atoms. The molecule has 0 heterocycles. The first-order valence-corrected chi connectivity index (χ1v) is 5.53. The minimum Gasteiger partial charge on any atom is -0.207 e. The number of halogens is 3. The lowest BCUT2D eigenvalue weighted by Gasteiger charge is -2.07. The molecule has 0 aromatic heterocycles. The Labute approximate surface area is 94.0 Å². The van der Waals surface area contributed by atoms with Gasteiger partial charge in [-0.25, -0.2) is 4.39 Å². The Morgan fingerprint density at radius 2 is 2.14 bits per heavy atom. The van der Waals surface area contributed by atoms with Crippen LogP contribution in [0, 0.1) is 5.82 Å². The quantitative estimate of drug-likeness (QED) is 0.677. The maximum absolute atomic E-state index is 12.9. The first kappa shape index (κ1) is 11.8. The predicted octanol–water partition coefficient (Wildman–Crippen LogP) is 4.43. The van der Waals surface area contributed by atoms with Crippen LogP contribution in [0.2, 0.25) is 5.02 Å². The van der Waals surface area contributed by atoms with Crippen molar-refractivity contribution in [1.82, 2.24) is 0 Å². The van der Waals surface area contributed by atoms with Crippen molar-refractivity contribution in [2.45, 2.75) is 31.6 Å². The van der Waals surface area contributed by atoms with E-state index in [2.05, 4.69) is 0 Å². The van der Waals surface area contributed by atoms with E-state index < -0.39 is 0 Å². The van der Waals surface area contributed by atoms with Crippen LogP contribution >= 0.6 is 23.2 Å². The summed E-state index contributed by atoms with van der Waals surface area (Å²) in [4.78, 5) is 0. The second-order valence-electron chi connectivity index (χ2n) is 3.28. The van der Waals surface area contributed by atoms with Gasteiger partial charge >= 0.3 is 0 Å². The summed E-state index contributed by atoms with van der Waals surface area (Å²) in [6.45, 7) is 2.03. The smallest absolute Gasteiger partial charge is 0.123 e. The van der Waals surface area contributed by atoms with Crippen LogP contribution in [0.1, 0.15) is 25.3 Å². The van der Waals surface area contributed by atoms with E-state index in [9.17, 15) is 4.39 Å². The van der Waals surface area contributed by atoms with Gasteiger partial charge in [-0.3, -0.25) is 0 Å². The van der Waals surface area contributed by atoms with Gasteiger partial charge < -0.3 is 0 Å². The Morgan fingerprint density at radius 1 is 1.43 bits per heavy atom. The first-order valence-electron chi connectivity index (χ1n) is 4.71. The lowest BCUT2D eigenvalue weighted by molar-refractivity contribution is 0.623. The Balaban J connectivity index is 2.62. The van der Waals surface area contributed by atoms with Gasteiger partial charge in [0.15, 0.2) is 0 Å². The molecule has 0 amide bonds. The third-order valence-corrected chi connectivity index (χ3v) is 3.07. The average molecular weight is 235 g/mol. The molecular weight excluding hydrogens is 222 g/mol. The van der Waals surface area contributed by atoms with Crippen LogP contribution in [0.25, 0.3) is 0 Å². The predicted molar refractivity (Wildman–Crippen MR) is 59.7 cm³/mol. The second kappa shape index (κ2) is 5.57. The molecule has 0 radical (unpaired) electrons.